The van der Waals surface area contributed by atoms with Crippen LogP contribution in [0.3, 0.4) is 0 Å². The van der Waals surface area contributed by atoms with Crippen molar-refractivity contribution in [2.24, 2.45) is 0 Å². The van der Waals surface area contributed by atoms with Crippen LogP contribution >= 0.6 is 19.2 Å². The molecule has 0 aliphatic carbocycles. The Morgan fingerprint density at radius 3 is 2.31 bits per heavy atom. The lowest BCUT2D eigenvalue weighted by Gasteiger charge is -2.25. The van der Waals surface area contributed by atoms with E-state index in [9.17, 15) is 29.2 Å². The van der Waals surface area contributed by atoms with Gasteiger partial charge < -0.3 is 48.9 Å². The number of fused-ring (bicyclic) bond motifs is 1. The normalized spacial score (nSPS) is 22.2. The van der Waals surface area contributed by atoms with Crippen molar-refractivity contribution >= 4 is 54.4 Å². The highest BCUT2D eigenvalue weighted by atomic mass is 35.5. The van der Waals surface area contributed by atoms with Crippen LogP contribution in [0.25, 0.3) is 11.2 Å². The number of imidazole rings is 1. The maximum absolute atomic E-state index is 13.4. The minimum Gasteiger partial charge on any atom is -0.434 e. The van der Waals surface area contributed by atoms with E-state index in [0.29, 0.717) is 37.4 Å². The maximum atomic E-state index is 13.4. The molecule has 2 aliphatic heterocycles. The fourth-order valence-corrected chi connectivity index (χ4v) is 6.10. The minimum absolute atomic E-state index is 0.0114. The number of likely N-dealkylation sites (N-methyl/N-ethyl adjacent to an activating group) is 1. The van der Waals surface area contributed by atoms with Gasteiger partial charge in [-0.1, -0.05) is 13.8 Å². The van der Waals surface area contributed by atoms with E-state index in [4.69, 9.17) is 49.1 Å². The number of nitrogens with zero attached hydrogens (tertiary/aromatic N) is 5. The number of aromatic nitrogens is 4. The smallest absolute Gasteiger partial charge is 0.434 e. The molecule has 3 N–H and O–H groups in total. The quantitative estimate of drug-likeness (QED) is 0.0910. The van der Waals surface area contributed by atoms with Gasteiger partial charge >= 0.3 is 19.9 Å². The monoisotopic (exact) mass is 738 g/mol. The molecule has 0 spiro atoms. The first-order valence-electron chi connectivity index (χ1n) is 15.4. The highest BCUT2D eigenvalue weighted by Gasteiger charge is 2.45. The first kappa shape index (κ1) is 38.4. The molecule has 0 unspecified atom stereocenters. The van der Waals surface area contributed by atoms with Crippen LogP contribution in [0.15, 0.2) is 6.33 Å². The second-order valence-electron chi connectivity index (χ2n) is 10.9. The van der Waals surface area contributed by atoms with Crippen LogP contribution in [0.2, 0.25) is 5.28 Å². The van der Waals surface area contributed by atoms with E-state index in [1.165, 1.54) is 17.9 Å². The third-order valence-corrected chi connectivity index (χ3v) is 9.01. The largest absolute Gasteiger partial charge is 0.510 e. The topological polar surface area (TPSA) is 241 Å². The molecule has 22 heteroatoms. The molecule has 2 aromatic heterocycles. The second kappa shape index (κ2) is 18.0. The molecule has 49 heavy (non-hydrogen) atoms. The summed E-state index contributed by atoms with van der Waals surface area (Å²) in [6, 6.07) is -0.0114. The Labute approximate surface area is 285 Å². The molecule has 2 fully saturated rings. The minimum atomic E-state index is -4.43. The zero-order chi connectivity index (χ0) is 35.6. The standard InChI is InChI=1S/C27H40ClN6O14P/c1-4-7-42-26(38)44-14-46-49(40,47-15-45-27(39)43-8-5-2)12-18(35)33(3)10-17-20(36)21(37)24(48-17)34-13-29-19-22(30-16-6-9-41-11-16)31-25(28)32-23(19)34/h13,16-17,20-21,24,36-37H,4-12,14-15H2,1-3H3,(H,30,31,32)/t16-,17+,20+,21+,24+/m0/s1. The molecule has 0 aromatic carbocycles. The fraction of sp³-hybridized carbons (Fsp3) is 0.704. The van der Waals surface area contributed by atoms with Crippen molar-refractivity contribution in [3.8, 4) is 0 Å². The van der Waals surface area contributed by atoms with E-state index < -0.39 is 70.1 Å². The number of hydrogen-bond acceptors (Lipinski definition) is 18. The number of anilines is 1. The van der Waals surface area contributed by atoms with E-state index in [1.54, 1.807) is 13.8 Å². The van der Waals surface area contributed by atoms with Gasteiger partial charge in [-0.15, -0.1) is 0 Å². The molecule has 5 atom stereocenters. The fourth-order valence-electron chi connectivity index (χ4n) is 4.68. The Hall–Kier alpha value is -3.36. The van der Waals surface area contributed by atoms with Gasteiger partial charge in [-0.3, -0.25) is 23.0 Å². The molecule has 0 bridgehead atoms. The third kappa shape index (κ3) is 10.6. The molecule has 4 rings (SSSR count). The Kier molecular flexibility index (Phi) is 14.2. The summed E-state index contributed by atoms with van der Waals surface area (Å²) >= 11 is 6.19. The van der Waals surface area contributed by atoms with Gasteiger partial charge in [0.2, 0.25) is 24.8 Å². The molecule has 20 nitrogen and oxygen atoms in total. The Morgan fingerprint density at radius 1 is 1.06 bits per heavy atom. The Morgan fingerprint density at radius 2 is 1.71 bits per heavy atom. The summed E-state index contributed by atoms with van der Waals surface area (Å²) in [6.07, 6.45) is -5.23. The van der Waals surface area contributed by atoms with E-state index in [2.05, 4.69) is 20.3 Å². The van der Waals surface area contributed by atoms with E-state index in [1.807, 2.05) is 0 Å². The molecule has 2 aliphatic rings. The third-order valence-electron chi connectivity index (χ3n) is 7.18. The van der Waals surface area contributed by atoms with Crippen LogP contribution in [0.5, 0.6) is 0 Å². The van der Waals surface area contributed by atoms with Crippen LogP contribution in [0.1, 0.15) is 39.3 Å². The summed E-state index contributed by atoms with van der Waals surface area (Å²) in [7, 11) is -3.10. The van der Waals surface area contributed by atoms with Crippen LogP contribution in [0, 0.1) is 0 Å². The summed E-state index contributed by atoms with van der Waals surface area (Å²) in [5.41, 5.74) is 0.567. The number of carbonyl (C=O) groups is 3. The number of nitrogens with one attached hydrogen (secondary N) is 1. The van der Waals surface area contributed by atoms with Crippen LogP contribution in [-0.2, 0) is 46.8 Å². The predicted octanol–water partition coefficient (Wildman–Crippen LogP) is 2.03. The predicted molar refractivity (Wildman–Crippen MR) is 167 cm³/mol. The van der Waals surface area contributed by atoms with E-state index in [-0.39, 0.29) is 36.7 Å². The number of hydrogen-bond donors (Lipinski definition) is 3. The van der Waals surface area contributed by atoms with Gasteiger partial charge in [0, 0.05) is 20.2 Å². The lowest BCUT2D eigenvalue weighted by molar-refractivity contribution is -0.130. The van der Waals surface area contributed by atoms with Crippen LogP contribution in [0.4, 0.5) is 15.4 Å². The van der Waals surface area contributed by atoms with Crippen LogP contribution < -0.4 is 5.32 Å². The zero-order valence-electron chi connectivity index (χ0n) is 27.1. The molecule has 1 amide bonds. The van der Waals surface area contributed by atoms with Gasteiger partial charge in [0.05, 0.1) is 32.2 Å². The summed E-state index contributed by atoms with van der Waals surface area (Å²) in [5, 5.41) is 24.9. The van der Waals surface area contributed by atoms with E-state index in [0.717, 1.165) is 11.3 Å². The molecule has 0 radical (unpaired) electrons. The molecule has 4 heterocycles. The van der Waals surface area contributed by atoms with Crippen molar-refractivity contribution in [2.75, 3.05) is 65.1 Å². The van der Waals surface area contributed by atoms with Gasteiger partial charge in [-0.25, -0.2) is 14.6 Å². The molecule has 274 valence electrons. The average molecular weight is 739 g/mol. The van der Waals surface area contributed by atoms with Gasteiger partial charge in [0.1, 0.15) is 24.5 Å². The number of halogens is 1. The maximum Gasteiger partial charge on any atom is 0.510 e. The average Bonchev–Trinajstić information content (AvgIpc) is 3.79. The summed E-state index contributed by atoms with van der Waals surface area (Å²) in [6.45, 7) is 2.64. The van der Waals surface area contributed by atoms with Crippen molar-refractivity contribution in [1.29, 1.82) is 0 Å². The number of aliphatic hydroxyl groups excluding tert-OH is 2. The van der Waals surface area contributed by atoms with Gasteiger partial charge in [-0.05, 0) is 30.9 Å². The molecule has 2 aromatic rings. The summed E-state index contributed by atoms with van der Waals surface area (Å²) < 4.78 is 55.3. The van der Waals surface area contributed by atoms with Gasteiger partial charge in [0.25, 0.3) is 0 Å². The van der Waals surface area contributed by atoms with Crippen LogP contribution in [-0.4, -0.2) is 137 Å². The SMILES string of the molecule is CCCOC(=O)OCOP(=O)(CC(=O)N(C)C[C@H]1O[C@@H](n2cnc3c(N[C@H]4CCOC4)nc(Cl)nc32)[C@H](O)[C@@H]1O)OCOC(=O)OCCC. The second-order valence-corrected chi connectivity index (χ2v) is 13.3. The Balaban J connectivity index is 1.40. The number of amides is 1. The van der Waals surface area contributed by atoms with Crippen molar-refractivity contribution in [2.45, 2.75) is 63.7 Å². The van der Waals surface area contributed by atoms with Crippen molar-refractivity contribution in [3.63, 3.8) is 0 Å². The first-order valence-corrected chi connectivity index (χ1v) is 17.5. The first-order chi connectivity index (χ1) is 23.4. The molecular weight excluding hydrogens is 699 g/mol. The summed E-state index contributed by atoms with van der Waals surface area (Å²) in [5.74, 6) is -0.460. The highest BCUT2D eigenvalue weighted by molar-refractivity contribution is 7.54. The van der Waals surface area contributed by atoms with Crippen molar-refractivity contribution in [1.82, 2.24) is 24.4 Å². The highest BCUT2D eigenvalue weighted by Crippen LogP contribution is 2.48. The number of rotatable bonds is 17. The number of ether oxygens (including phenoxy) is 6. The van der Waals surface area contributed by atoms with Gasteiger partial charge in [0.15, 0.2) is 23.2 Å². The van der Waals surface area contributed by atoms with Crippen molar-refractivity contribution in [3.05, 3.63) is 11.6 Å². The lowest BCUT2D eigenvalue weighted by Crippen LogP contribution is -2.41. The Bertz CT molecular complexity index is 1450. The van der Waals surface area contributed by atoms with Gasteiger partial charge in [-0.2, -0.15) is 9.97 Å². The van der Waals surface area contributed by atoms with E-state index >= 15 is 0 Å². The summed E-state index contributed by atoms with van der Waals surface area (Å²) in [4.78, 5) is 50.4. The molecule has 0 saturated carbocycles. The number of carbonyl (C=O) groups excluding carboxylic acids is 3. The lowest BCUT2D eigenvalue weighted by atomic mass is 10.1. The molecular formula is C27H40ClN6O14P. The molecule has 2 saturated heterocycles. The van der Waals surface area contributed by atoms with Crippen molar-refractivity contribution < 1.29 is 66.6 Å². The number of aliphatic hydroxyl groups is 2. The zero-order valence-corrected chi connectivity index (χ0v) is 28.7.